The van der Waals surface area contributed by atoms with Gasteiger partial charge < -0.3 is 0 Å². The molecule has 3 nitrogen and oxygen atoms in total. The van der Waals surface area contributed by atoms with Gasteiger partial charge in [0.1, 0.15) is 0 Å². The minimum Gasteiger partial charge on any atom is -0.267 e. The van der Waals surface area contributed by atoms with Gasteiger partial charge in [-0.1, -0.05) is 71.2 Å². The van der Waals surface area contributed by atoms with Crippen molar-refractivity contribution in [2.24, 2.45) is 11.0 Å². The average molecular weight is 496 g/mol. The molecule has 1 fully saturated rings. The molecule has 0 unspecified atom stereocenters. The van der Waals surface area contributed by atoms with Crippen molar-refractivity contribution in [1.29, 1.82) is 0 Å². The first kappa shape index (κ1) is 22.2. The van der Waals surface area contributed by atoms with E-state index in [1.807, 2.05) is 60.7 Å². The Bertz CT molecular complexity index is 1250. The first-order valence-electron chi connectivity index (χ1n) is 10.9. The van der Waals surface area contributed by atoms with E-state index in [1.165, 1.54) is 0 Å². The quantitative estimate of drug-likeness (QED) is 0.361. The van der Waals surface area contributed by atoms with Crippen LogP contribution < -0.4 is 0 Å². The van der Waals surface area contributed by atoms with E-state index < -0.39 is 0 Å². The highest BCUT2D eigenvalue weighted by atomic mass is 35.5. The van der Waals surface area contributed by atoms with Crippen LogP contribution in [0, 0.1) is 5.92 Å². The number of hydrazone groups is 1. The summed E-state index contributed by atoms with van der Waals surface area (Å²) in [5, 5.41) is 8.32. The van der Waals surface area contributed by atoms with Crippen LogP contribution in [-0.4, -0.2) is 16.6 Å². The topological polar surface area (TPSA) is 32.7 Å². The molecular weight excluding hydrogens is 475 g/mol. The minimum atomic E-state index is -0.213. The Hall–Kier alpha value is -2.59. The lowest BCUT2D eigenvalue weighted by molar-refractivity contribution is 0.0681. The van der Waals surface area contributed by atoms with Crippen molar-refractivity contribution in [3.8, 4) is 0 Å². The van der Waals surface area contributed by atoms with Crippen molar-refractivity contribution in [1.82, 2.24) is 5.01 Å². The molecule has 0 spiro atoms. The number of carbonyl (C=O) groups is 1. The van der Waals surface area contributed by atoms with E-state index in [0.29, 0.717) is 20.6 Å². The molecule has 5 rings (SSSR count). The summed E-state index contributed by atoms with van der Waals surface area (Å²) in [7, 11) is 0. The van der Waals surface area contributed by atoms with Crippen LogP contribution in [-0.2, 0) is 0 Å². The van der Waals surface area contributed by atoms with E-state index in [1.54, 1.807) is 17.1 Å². The predicted molar refractivity (Wildman–Crippen MR) is 136 cm³/mol. The molecule has 166 valence electrons. The molecule has 3 aromatic rings. The van der Waals surface area contributed by atoms with Crippen molar-refractivity contribution >= 4 is 52.5 Å². The zero-order valence-corrected chi connectivity index (χ0v) is 20.0. The number of halogens is 3. The van der Waals surface area contributed by atoms with Crippen LogP contribution in [0.15, 0.2) is 83.5 Å². The molecule has 3 aromatic carbocycles. The van der Waals surface area contributed by atoms with Gasteiger partial charge in [-0.25, -0.2) is 5.01 Å². The van der Waals surface area contributed by atoms with Gasteiger partial charge in [-0.15, -0.1) is 0 Å². The van der Waals surface area contributed by atoms with Crippen LogP contribution in [0.2, 0.25) is 15.1 Å². The maximum absolute atomic E-state index is 13.6. The third-order valence-electron chi connectivity index (χ3n) is 6.24. The van der Waals surface area contributed by atoms with Gasteiger partial charge in [-0.2, -0.15) is 5.10 Å². The molecule has 1 saturated carbocycles. The second-order valence-corrected chi connectivity index (χ2v) is 9.61. The summed E-state index contributed by atoms with van der Waals surface area (Å²) in [5.41, 5.74) is 4.65. The Labute approximate surface area is 208 Å². The van der Waals surface area contributed by atoms with E-state index in [2.05, 4.69) is 6.08 Å². The smallest absolute Gasteiger partial charge is 0.267 e. The minimum absolute atomic E-state index is 0.102. The zero-order valence-electron chi connectivity index (χ0n) is 17.7. The predicted octanol–water partition coefficient (Wildman–Crippen LogP) is 8.08. The fraction of sp³-hybridized carbons (Fsp3) is 0.185. The van der Waals surface area contributed by atoms with Crippen LogP contribution in [0.3, 0.4) is 0 Å². The molecule has 1 aliphatic carbocycles. The maximum atomic E-state index is 13.6. The molecule has 0 aromatic heterocycles. The van der Waals surface area contributed by atoms with Gasteiger partial charge in [-0.05, 0) is 78.4 Å². The number of nitrogens with zero attached hydrogens (tertiary/aromatic N) is 2. The molecule has 2 atom stereocenters. The lowest BCUT2D eigenvalue weighted by atomic mass is 9.77. The highest BCUT2D eigenvalue weighted by Crippen LogP contribution is 2.45. The summed E-state index contributed by atoms with van der Waals surface area (Å²) in [5.74, 6) is -0.0989. The van der Waals surface area contributed by atoms with Crippen molar-refractivity contribution in [2.75, 3.05) is 0 Å². The molecule has 0 N–H and O–H groups in total. The zero-order chi connectivity index (χ0) is 22.9. The second-order valence-electron chi connectivity index (χ2n) is 8.33. The molecule has 0 bridgehead atoms. The Balaban J connectivity index is 1.59. The van der Waals surface area contributed by atoms with Crippen LogP contribution in [0.1, 0.15) is 46.8 Å². The van der Waals surface area contributed by atoms with Crippen molar-refractivity contribution in [3.05, 3.63) is 110 Å². The summed E-state index contributed by atoms with van der Waals surface area (Å²) < 4.78 is 0. The highest BCUT2D eigenvalue weighted by Gasteiger charge is 2.44. The number of hydrogen-bond acceptors (Lipinski definition) is 2. The molecule has 2 aliphatic rings. The molecule has 0 radical (unpaired) electrons. The molecule has 1 aliphatic heterocycles. The summed E-state index contributed by atoms with van der Waals surface area (Å²) in [6.07, 6.45) is 5.06. The third kappa shape index (κ3) is 4.46. The lowest BCUT2D eigenvalue weighted by Crippen LogP contribution is -2.32. The monoisotopic (exact) mass is 494 g/mol. The van der Waals surface area contributed by atoms with Crippen LogP contribution in [0.4, 0.5) is 0 Å². The molecule has 6 heteroatoms. The van der Waals surface area contributed by atoms with E-state index >= 15 is 0 Å². The van der Waals surface area contributed by atoms with E-state index in [9.17, 15) is 4.79 Å². The number of fused-ring (bicyclic) bond motifs is 1. The first-order valence-corrected chi connectivity index (χ1v) is 12.0. The molecule has 33 heavy (non-hydrogen) atoms. The largest absolute Gasteiger partial charge is 0.276 e. The van der Waals surface area contributed by atoms with Gasteiger partial charge in [0.05, 0.1) is 22.3 Å². The van der Waals surface area contributed by atoms with Crippen LogP contribution in [0.5, 0.6) is 0 Å². The van der Waals surface area contributed by atoms with Crippen molar-refractivity contribution in [3.63, 3.8) is 0 Å². The molecule has 1 amide bonds. The fourth-order valence-corrected chi connectivity index (χ4v) is 5.15. The average Bonchev–Trinajstić information content (AvgIpc) is 3.22. The molecular formula is C27H21Cl3N2O. The summed E-state index contributed by atoms with van der Waals surface area (Å²) >= 11 is 18.6. The van der Waals surface area contributed by atoms with Crippen LogP contribution >= 0.6 is 34.8 Å². The Kier molecular flexibility index (Phi) is 6.29. The Morgan fingerprint density at radius 1 is 0.909 bits per heavy atom. The fourth-order valence-electron chi connectivity index (χ4n) is 4.68. The maximum Gasteiger partial charge on any atom is 0.276 e. The highest BCUT2D eigenvalue weighted by molar-refractivity contribution is 6.34. The Morgan fingerprint density at radius 2 is 1.58 bits per heavy atom. The van der Waals surface area contributed by atoms with Gasteiger partial charge >= 0.3 is 0 Å². The van der Waals surface area contributed by atoms with Gasteiger partial charge in [0, 0.05) is 16.0 Å². The first-order chi connectivity index (χ1) is 16.0. The summed E-state index contributed by atoms with van der Waals surface area (Å²) in [4.78, 5) is 13.6. The third-order valence-corrected chi connectivity index (χ3v) is 7.07. The molecule has 0 saturated heterocycles. The number of allylic oxidation sites excluding steroid dienone is 1. The van der Waals surface area contributed by atoms with Gasteiger partial charge in [-0.3, -0.25) is 4.79 Å². The van der Waals surface area contributed by atoms with Gasteiger partial charge in [0.25, 0.3) is 5.91 Å². The molecule has 1 heterocycles. The van der Waals surface area contributed by atoms with E-state index in [-0.39, 0.29) is 17.9 Å². The standard InChI is InChI=1S/C27H21Cl3N2O/c28-20-12-8-17(9-13-20)16-19-4-3-6-23-25(19)31-32(26(23)18-10-14-21(29)15-11-18)27(33)22-5-1-2-7-24(22)30/h1-2,5,7-16,23,26H,3-4,6H2/b19-16-/t23-,26-/m0/s1. The van der Waals surface area contributed by atoms with Gasteiger partial charge in [0.15, 0.2) is 0 Å². The normalized spacial score (nSPS) is 21.1. The number of rotatable bonds is 3. The number of benzene rings is 3. The SMILES string of the molecule is O=C(c1ccccc1Cl)N1N=C2/C(=C\c3ccc(Cl)cc3)CCC[C@@H]2[C@@H]1c1ccc(Cl)cc1. The summed E-state index contributed by atoms with van der Waals surface area (Å²) in [6, 6.07) is 22.3. The summed E-state index contributed by atoms with van der Waals surface area (Å²) in [6.45, 7) is 0. The lowest BCUT2D eigenvalue weighted by Gasteiger charge is -2.30. The van der Waals surface area contributed by atoms with Crippen molar-refractivity contribution in [2.45, 2.75) is 25.3 Å². The Morgan fingerprint density at radius 3 is 2.27 bits per heavy atom. The van der Waals surface area contributed by atoms with Crippen LogP contribution in [0.25, 0.3) is 6.08 Å². The second kappa shape index (κ2) is 9.34. The van der Waals surface area contributed by atoms with Crippen molar-refractivity contribution < 1.29 is 4.79 Å². The number of amides is 1. The number of hydrogen-bond donors (Lipinski definition) is 0. The van der Waals surface area contributed by atoms with Gasteiger partial charge in [0.2, 0.25) is 0 Å². The van der Waals surface area contributed by atoms with E-state index in [4.69, 9.17) is 39.9 Å². The number of carbonyl (C=O) groups excluding carboxylic acids is 1. The van der Waals surface area contributed by atoms with E-state index in [0.717, 1.165) is 41.7 Å².